The maximum atomic E-state index is 13.5. The lowest BCUT2D eigenvalue weighted by atomic mass is 10.1. The van der Waals surface area contributed by atoms with E-state index in [4.69, 9.17) is 23.2 Å². The molecule has 2 amide bonds. The Morgan fingerprint density at radius 1 is 1.06 bits per heavy atom. The van der Waals surface area contributed by atoms with Gasteiger partial charge in [-0.1, -0.05) is 51.3 Å². The molecule has 0 radical (unpaired) electrons. The lowest BCUT2D eigenvalue weighted by Gasteiger charge is -2.33. The highest BCUT2D eigenvalue weighted by molar-refractivity contribution is 9.10. The molecule has 0 aliphatic rings. The average molecular weight is 593 g/mol. The molecule has 2 rings (SSSR count). The van der Waals surface area contributed by atoms with Crippen molar-refractivity contribution >= 4 is 66.7 Å². The number of nitrogens with zero attached hydrogens (tertiary/aromatic N) is 2. The zero-order valence-corrected chi connectivity index (χ0v) is 23.5. The maximum Gasteiger partial charge on any atom is 0.244 e. The molecule has 0 saturated carbocycles. The molecule has 2 aromatic rings. The standard InChI is InChI=1S/C23H28BrCl2N3O4S/c1-15(22(31)27-23(2,3)4)28(13-16-6-8-17(24)9-7-16)21(30)14-29(34(5,32)33)18-10-11-19(25)20(26)12-18/h6-12,15H,13-14H2,1-5H3,(H,27,31)/t15-/m1/s1. The molecule has 186 valence electrons. The summed E-state index contributed by atoms with van der Waals surface area (Å²) < 4.78 is 27.0. The first-order valence-electron chi connectivity index (χ1n) is 10.4. The fraction of sp³-hybridized carbons (Fsp3) is 0.391. The number of sulfonamides is 1. The minimum atomic E-state index is -3.85. The molecule has 7 nitrogen and oxygen atoms in total. The third-order valence-corrected chi connectivity index (χ3v) is 7.21. The zero-order valence-electron chi connectivity index (χ0n) is 19.6. The molecule has 34 heavy (non-hydrogen) atoms. The molecule has 11 heteroatoms. The van der Waals surface area contributed by atoms with Crippen molar-refractivity contribution in [3.05, 3.63) is 62.5 Å². The van der Waals surface area contributed by atoms with Gasteiger partial charge in [0, 0.05) is 16.6 Å². The summed E-state index contributed by atoms with van der Waals surface area (Å²) in [6.45, 7) is 6.74. The van der Waals surface area contributed by atoms with Gasteiger partial charge in [-0.15, -0.1) is 0 Å². The molecule has 0 unspecified atom stereocenters. The van der Waals surface area contributed by atoms with Crippen LogP contribution in [0.15, 0.2) is 46.9 Å². The molecule has 2 aromatic carbocycles. The Bertz CT molecular complexity index is 1150. The van der Waals surface area contributed by atoms with Crippen LogP contribution >= 0.6 is 39.1 Å². The number of benzene rings is 2. The van der Waals surface area contributed by atoms with Gasteiger partial charge in [-0.25, -0.2) is 8.42 Å². The first kappa shape index (κ1) is 28.4. The number of amides is 2. The van der Waals surface area contributed by atoms with Crippen LogP contribution in [0.1, 0.15) is 33.3 Å². The summed E-state index contributed by atoms with van der Waals surface area (Å²) in [5, 5.41) is 3.29. The van der Waals surface area contributed by atoms with Crippen LogP contribution < -0.4 is 9.62 Å². The van der Waals surface area contributed by atoms with Crippen LogP contribution in [0.2, 0.25) is 10.0 Å². The molecule has 0 heterocycles. The Hall–Kier alpha value is -1.81. The predicted octanol–water partition coefficient (Wildman–Crippen LogP) is 4.85. The Morgan fingerprint density at radius 2 is 1.65 bits per heavy atom. The normalized spacial score (nSPS) is 12.7. The third kappa shape index (κ3) is 8.15. The van der Waals surface area contributed by atoms with E-state index >= 15 is 0 Å². The van der Waals surface area contributed by atoms with Gasteiger partial charge in [0.05, 0.1) is 22.0 Å². The molecule has 0 aliphatic carbocycles. The number of hydrogen-bond acceptors (Lipinski definition) is 4. The van der Waals surface area contributed by atoms with Crippen molar-refractivity contribution < 1.29 is 18.0 Å². The summed E-state index contributed by atoms with van der Waals surface area (Å²) in [6, 6.07) is 10.8. The van der Waals surface area contributed by atoms with Gasteiger partial charge in [0.25, 0.3) is 0 Å². The largest absolute Gasteiger partial charge is 0.350 e. The summed E-state index contributed by atoms with van der Waals surface area (Å²) in [4.78, 5) is 27.7. The Balaban J connectivity index is 2.41. The molecular formula is C23H28BrCl2N3O4S. The van der Waals surface area contributed by atoms with Crippen LogP contribution in [0.3, 0.4) is 0 Å². The van der Waals surface area contributed by atoms with E-state index in [-0.39, 0.29) is 28.2 Å². The molecule has 0 bridgehead atoms. The topological polar surface area (TPSA) is 86.8 Å². The molecule has 0 spiro atoms. The Labute approximate surface area is 219 Å². The monoisotopic (exact) mass is 591 g/mol. The van der Waals surface area contributed by atoms with E-state index < -0.39 is 34.1 Å². The van der Waals surface area contributed by atoms with Crippen LogP contribution in [0.25, 0.3) is 0 Å². The van der Waals surface area contributed by atoms with Crippen molar-refractivity contribution in [1.82, 2.24) is 10.2 Å². The van der Waals surface area contributed by atoms with E-state index in [0.29, 0.717) is 0 Å². The number of halogens is 3. The Kier molecular flexibility index (Phi) is 9.44. The summed E-state index contributed by atoms with van der Waals surface area (Å²) >= 11 is 15.4. The number of anilines is 1. The molecule has 1 atom stereocenters. The van der Waals surface area contributed by atoms with Gasteiger partial charge < -0.3 is 10.2 Å². The van der Waals surface area contributed by atoms with Crippen molar-refractivity contribution in [2.24, 2.45) is 0 Å². The van der Waals surface area contributed by atoms with Gasteiger partial charge in [-0.3, -0.25) is 13.9 Å². The summed E-state index contributed by atoms with van der Waals surface area (Å²) in [5.41, 5.74) is 0.476. The zero-order chi connectivity index (χ0) is 25.8. The van der Waals surface area contributed by atoms with E-state index in [9.17, 15) is 18.0 Å². The van der Waals surface area contributed by atoms with E-state index in [2.05, 4.69) is 21.2 Å². The van der Waals surface area contributed by atoms with Gasteiger partial charge in [-0.2, -0.15) is 0 Å². The van der Waals surface area contributed by atoms with Gasteiger partial charge in [0.15, 0.2) is 0 Å². The highest BCUT2D eigenvalue weighted by Crippen LogP contribution is 2.28. The van der Waals surface area contributed by atoms with E-state index in [1.807, 2.05) is 45.0 Å². The number of nitrogens with one attached hydrogen (secondary N) is 1. The highest BCUT2D eigenvalue weighted by Gasteiger charge is 2.31. The van der Waals surface area contributed by atoms with Crippen molar-refractivity contribution in [3.63, 3.8) is 0 Å². The van der Waals surface area contributed by atoms with Crippen LogP contribution in [-0.2, 0) is 26.2 Å². The average Bonchev–Trinajstić information content (AvgIpc) is 2.71. The predicted molar refractivity (Wildman–Crippen MR) is 141 cm³/mol. The number of rotatable bonds is 8. The van der Waals surface area contributed by atoms with Crippen LogP contribution in [-0.4, -0.2) is 49.5 Å². The Morgan fingerprint density at radius 3 is 2.15 bits per heavy atom. The van der Waals surface area contributed by atoms with Crippen LogP contribution in [0.5, 0.6) is 0 Å². The molecule has 0 saturated heterocycles. The second-order valence-corrected chi connectivity index (χ2v) is 12.6. The van der Waals surface area contributed by atoms with Crippen molar-refractivity contribution in [2.75, 3.05) is 17.1 Å². The fourth-order valence-electron chi connectivity index (χ4n) is 3.10. The molecule has 0 fully saturated rings. The smallest absolute Gasteiger partial charge is 0.244 e. The van der Waals surface area contributed by atoms with Crippen molar-refractivity contribution in [2.45, 2.75) is 45.8 Å². The van der Waals surface area contributed by atoms with Gasteiger partial charge >= 0.3 is 0 Å². The fourth-order valence-corrected chi connectivity index (χ4v) is 4.50. The summed E-state index contributed by atoms with van der Waals surface area (Å²) in [6.07, 6.45) is 0.998. The first-order chi connectivity index (χ1) is 15.6. The number of carbonyl (C=O) groups excluding carboxylic acids is 2. The van der Waals surface area contributed by atoms with Crippen LogP contribution in [0.4, 0.5) is 5.69 Å². The third-order valence-electron chi connectivity index (χ3n) is 4.80. The van der Waals surface area contributed by atoms with Gasteiger partial charge in [0.2, 0.25) is 21.8 Å². The van der Waals surface area contributed by atoms with E-state index in [1.165, 1.54) is 23.1 Å². The number of carbonyl (C=O) groups is 2. The molecule has 0 aliphatic heterocycles. The quantitative estimate of drug-likeness (QED) is 0.474. The molecule has 0 aromatic heterocycles. The second-order valence-electron chi connectivity index (χ2n) is 8.93. The van der Waals surface area contributed by atoms with Crippen LogP contribution in [0, 0.1) is 0 Å². The van der Waals surface area contributed by atoms with Gasteiger partial charge in [0.1, 0.15) is 12.6 Å². The second kappa shape index (κ2) is 11.3. The molecule has 1 N–H and O–H groups in total. The first-order valence-corrected chi connectivity index (χ1v) is 13.8. The van der Waals surface area contributed by atoms with E-state index in [1.54, 1.807) is 6.92 Å². The minimum absolute atomic E-state index is 0.115. The molecular weight excluding hydrogens is 565 g/mol. The SMILES string of the molecule is C[C@H](C(=O)NC(C)(C)C)N(Cc1ccc(Br)cc1)C(=O)CN(c1ccc(Cl)c(Cl)c1)S(C)(=O)=O. The van der Waals surface area contributed by atoms with Crippen molar-refractivity contribution in [1.29, 1.82) is 0 Å². The lowest BCUT2D eigenvalue weighted by Crippen LogP contribution is -2.54. The number of hydrogen-bond donors (Lipinski definition) is 1. The summed E-state index contributed by atoms with van der Waals surface area (Å²) in [5.74, 6) is -0.894. The minimum Gasteiger partial charge on any atom is -0.350 e. The van der Waals surface area contributed by atoms with Gasteiger partial charge in [-0.05, 0) is 63.6 Å². The summed E-state index contributed by atoms with van der Waals surface area (Å²) in [7, 11) is -3.85. The maximum absolute atomic E-state index is 13.5. The van der Waals surface area contributed by atoms with E-state index in [0.717, 1.165) is 20.6 Å². The van der Waals surface area contributed by atoms with Crippen molar-refractivity contribution in [3.8, 4) is 0 Å². The highest BCUT2D eigenvalue weighted by atomic mass is 79.9. The lowest BCUT2D eigenvalue weighted by molar-refractivity contribution is -0.140.